The zero-order valence-corrected chi connectivity index (χ0v) is 29.8. The van der Waals surface area contributed by atoms with Crippen LogP contribution in [-0.2, 0) is 8.23 Å². The average molecular weight is 602 g/mol. The minimum Gasteiger partial charge on any atom is -0.435 e. The predicted octanol–water partition coefficient (Wildman–Crippen LogP) is 6.28. The number of hydrogen-bond acceptors (Lipinski definition) is 3. The van der Waals surface area contributed by atoms with Crippen molar-refractivity contribution >= 4 is 82.3 Å². The number of halogens is 3. The molecule has 0 aliphatic heterocycles. The Kier molecular flexibility index (Phi) is 27.7. The molecule has 0 aliphatic rings. The smallest absolute Gasteiger partial charge is 0.298 e. The van der Waals surface area contributed by atoms with Crippen molar-refractivity contribution in [2.24, 2.45) is 0 Å². The lowest BCUT2D eigenvalue weighted by molar-refractivity contribution is 0.433. The maximum Gasteiger partial charge on any atom is 0.298 e. The molecule has 0 unspecified atom stereocenters. The van der Waals surface area contributed by atoms with E-state index in [2.05, 4.69) is 59.1 Å². The zero-order valence-electron chi connectivity index (χ0n) is 21.2. The Hall–Kier alpha value is 0.971. The van der Waals surface area contributed by atoms with Gasteiger partial charge < -0.3 is 18.5 Å². The van der Waals surface area contributed by atoms with Crippen LogP contribution in [0.3, 0.4) is 0 Å². The summed E-state index contributed by atoms with van der Waals surface area (Å²) in [5.74, 6) is 0. The Balaban J connectivity index is -0.000000111. The fraction of sp³-hybridized carbons (Fsp3) is 0.556. The molecule has 0 aromatic heterocycles. The van der Waals surface area contributed by atoms with Crippen LogP contribution < -0.4 is 0 Å². The lowest BCUT2D eigenvalue weighted by Crippen LogP contribution is -2.42. The summed E-state index contributed by atoms with van der Waals surface area (Å²) in [5.41, 5.74) is 7.37. The van der Waals surface area contributed by atoms with Gasteiger partial charge in [-0.3, -0.25) is 0 Å². The molecule has 0 radical (unpaired) electrons. The monoisotopic (exact) mass is 600 g/mol. The highest BCUT2D eigenvalue weighted by Crippen LogP contribution is 2.13. The molecule has 0 atom stereocenters. The van der Waals surface area contributed by atoms with Gasteiger partial charge in [0.25, 0.3) is 9.28 Å². The zero-order chi connectivity index (χ0) is 25.4. The topological polar surface area (TPSA) is 70.2 Å². The Labute approximate surface area is 214 Å². The molecular formula is C18H47Cl3O4Si6. The molecule has 0 bridgehead atoms. The maximum atomic E-state index is 8.85. The van der Waals surface area contributed by atoms with Gasteiger partial charge in [0.1, 0.15) is 0 Å². The Morgan fingerprint density at radius 2 is 0.903 bits per heavy atom. The van der Waals surface area contributed by atoms with Crippen molar-refractivity contribution in [2.75, 3.05) is 0 Å². The largest absolute Gasteiger partial charge is 0.435 e. The summed E-state index contributed by atoms with van der Waals surface area (Å²) >= 11 is 16.1. The molecule has 0 saturated carbocycles. The van der Waals surface area contributed by atoms with E-state index in [0.29, 0.717) is 0 Å². The van der Waals surface area contributed by atoms with E-state index < -0.39 is 49.0 Å². The fourth-order valence-electron chi connectivity index (χ4n) is 0.976. The molecule has 3 N–H and O–H groups in total. The minimum atomic E-state index is -1.87. The second-order valence-corrected chi connectivity index (χ2v) is 34.6. The van der Waals surface area contributed by atoms with E-state index in [4.69, 9.17) is 46.3 Å². The van der Waals surface area contributed by atoms with Crippen LogP contribution in [0.1, 0.15) is 0 Å². The van der Waals surface area contributed by atoms with Gasteiger partial charge in [-0.25, -0.2) is 0 Å². The summed E-state index contributed by atoms with van der Waals surface area (Å²) in [7, 11) is -9.29. The third-order valence-corrected chi connectivity index (χ3v) is 14.8. The molecule has 0 aliphatic carbocycles. The van der Waals surface area contributed by atoms with Gasteiger partial charge in [0.05, 0.1) is 0 Å². The molecular weight excluding hydrogens is 555 g/mol. The molecule has 31 heavy (non-hydrogen) atoms. The average Bonchev–Trinajstić information content (AvgIpc) is 2.53. The fourth-order valence-corrected chi connectivity index (χ4v) is 9.21. The third kappa shape index (κ3) is 49.3. The van der Waals surface area contributed by atoms with Crippen molar-refractivity contribution in [3.63, 3.8) is 0 Å². The van der Waals surface area contributed by atoms with Gasteiger partial charge >= 0.3 is 0 Å². The van der Waals surface area contributed by atoms with Gasteiger partial charge in [0, 0.05) is 0 Å². The maximum absolute atomic E-state index is 8.85. The lowest BCUT2D eigenvalue weighted by atomic mass is 11.3. The van der Waals surface area contributed by atoms with E-state index in [1.54, 1.807) is 5.70 Å². The van der Waals surface area contributed by atoms with E-state index in [9.17, 15) is 0 Å². The highest BCUT2D eigenvalue weighted by Gasteiger charge is 2.27. The Morgan fingerprint density at radius 3 is 1.00 bits per heavy atom. The second-order valence-electron chi connectivity index (χ2n) is 8.56. The van der Waals surface area contributed by atoms with Crippen LogP contribution in [0.25, 0.3) is 0 Å². The highest BCUT2D eigenvalue weighted by molar-refractivity contribution is 7.33. The third-order valence-electron chi connectivity index (χ3n) is 2.91. The van der Waals surface area contributed by atoms with Crippen LogP contribution in [0.15, 0.2) is 49.1 Å². The summed E-state index contributed by atoms with van der Waals surface area (Å²) in [6, 6.07) is 0. The van der Waals surface area contributed by atoms with Crippen molar-refractivity contribution in [1.82, 2.24) is 0 Å². The first kappa shape index (κ1) is 42.2. The summed E-state index contributed by atoms with van der Waals surface area (Å²) in [6.07, 6.45) is 0. The summed E-state index contributed by atoms with van der Waals surface area (Å²) in [5, 5.41) is 0. The van der Waals surface area contributed by atoms with E-state index in [1.165, 1.54) is 0 Å². The molecule has 188 valence electrons. The second kappa shape index (κ2) is 20.4. The van der Waals surface area contributed by atoms with Crippen molar-refractivity contribution in [3.05, 3.63) is 49.1 Å². The van der Waals surface area contributed by atoms with Crippen LogP contribution in [0.4, 0.5) is 0 Å². The molecule has 0 fully saturated rings. The van der Waals surface area contributed by atoms with Crippen LogP contribution in [0.2, 0.25) is 65.5 Å². The Bertz CT molecular complexity index is 451. The van der Waals surface area contributed by atoms with E-state index >= 15 is 0 Å². The normalized spacial score (nSPS) is 11.4. The van der Waals surface area contributed by atoms with Crippen LogP contribution in [0.5, 0.6) is 0 Å². The summed E-state index contributed by atoms with van der Waals surface area (Å²) in [4.78, 5) is 8.85. The molecule has 0 aromatic rings. The minimum absolute atomic E-state index is 0. The van der Waals surface area contributed by atoms with E-state index in [0.717, 1.165) is 0 Å². The molecule has 0 heterocycles. The first-order valence-electron chi connectivity index (χ1n) is 9.67. The van der Waals surface area contributed by atoms with Gasteiger partial charge in [-0.1, -0.05) is 35.9 Å². The van der Waals surface area contributed by atoms with Crippen LogP contribution in [0, 0.1) is 0 Å². The molecule has 0 spiro atoms. The van der Waals surface area contributed by atoms with Gasteiger partial charge in [0.15, 0.2) is 24.0 Å². The highest BCUT2D eigenvalue weighted by atomic mass is 35.7. The van der Waals surface area contributed by atoms with Gasteiger partial charge in [-0.2, -0.15) is 33.2 Å². The van der Waals surface area contributed by atoms with Crippen molar-refractivity contribution in [1.29, 1.82) is 0 Å². The summed E-state index contributed by atoms with van der Waals surface area (Å²) < 4.78 is 11.9. The first-order chi connectivity index (χ1) is 13.1. The van der Waals surface area contributed by atoms with E-state index in [1.807, 2.05) is 49.8 Å². The van der Waals surface area contributed by atoms with Crippen LogP contribution in [-0.4, -0.2) is 59.3 Å². The van der Waals surface area contributed by atoms with Crippen LogP contribution >= 0.6 is 33.2 Å². The molecule has 0 aromatic carbocycles. The first-order valence-corrected chi connectivity index (χ1v) is 29.5. The summed E-state index contributed by atoms with van der Waals surface area (Å²) in [6.45, 7) is 34.7. The molecule has 0 rings (SSSR count). The van der Waals surface area contributed by atoms with Crippen molar-refractivity contribution in [2.45, 2.75) is 65.5 Å². The predicted molar refractivity (Wildman–Crippen MR) is 162 cm³/mol. The van der Waals surface area contributed by atoms with Crippen molar-refractivity contribution in [3.8, 4) is 0 Å². The Morgan fingerprint density at radius 1 is 0.710 bits per heavy atom. The standard InChI is InChI=1S/C9H22O2Si3.C4H9ClSi.C4H10OSi.CH4Cl2Si.H2O/c1-8-13(4,5)10-12(3)11-14(6,7)9-2;2*1-4-6(2,3)5;1-4(2)3;/h8-9,12H,1-2H2,3-7H3;4H,1H2,2-3H3;4-5H,1H2,2-3H3;4H,1H3;1H2. The van der Waals surface area contributed by atoms with Gasteiger partial charge in [0.2, 0.25) is 15.7 Å². The number of rotatable bonds is 8. The molecule has 4 nitrogen and oxygen atoms in total. The quantitative estimate of drug-likeness (QED) is 0.263. The molecule has 0 amide bonds. The number of hydrogen-bond donors (Lipinski definition) is 1. The van der Waals surface area contributed by atoms with Crippen molar-refractivity contribution < 1.29 is 18.5 Å². The molecule has 13 heteroatoms. The molecule has 0 saturated heterocycles. The van der Waals surface area contributed by atoms with Gasteiger partial charge in [-0.05, 0) is 52.4 Å². The van der Waals surface area contributed by atoms with Gasteiger partial charge in [-0.15, -0.1) is 26.3 Å². The lowest BCUT2D eigenvalue weighted by Gasteiger charge is -2.28. The van der Waals surface area contributed by atoms with E-state index in [-0.39, 0.29) is 5.48 Å². The SMILES string of the molecule is C=C[Si](C)(C)Cl.C=C[Si](C)(C)O.C=C[Si](C)(C)O[SiH](C)O[Si](C)(C)C=C.C[SiH](Cl)Cl.O.